The molecule has 0 radical (unpaired) electrons. The highest BCUT2D eigenvalue weighted by Crippen LogP contribution is 2.35. The molecule has 2 nitrogen and oxygen atoms in total. The van der Waals surface area contributed by atoms with E-state index >= 15 is 0 Å². The van der Waals surface area contributed by atoms with Crippen molar-refractivity contribution in [2.24, 2.45) is 5.73 Å². The van der Waals surface area contributed by atoms with Crippen LogP contribution in [0.1, 0.15) is 17.2 Å². The predicted octanol–water partition coefficient (Wildman–Crippen LogP) is 4.31. The Morgan fingerprint density at radius 1 is 1.28 bits per heavy atom. The van der Waals surface area contributed by atoms with E-state index in [4.69, 9.17) is 33.7 Å². The molecular weight excluding hydrogens is 289 g/mol. The third-order valence-electron chi connectivity index (χ3n) is 2.70. The van der Waals surface area contributed by atoms with E-state index in [-0.39, 0.29) is 6.04 Å². The average Bonchev–Trinajstić information content (AvgIpc) is 2.69. The Hall–Kier alpha value is -0.740. The Kier molecular flexibility index (Phi) is 4.51. The molecule has 2 aromatic rings. The zero-order chi connectivity index (χ0) is 13.1. The van der Waals surface area contributed by atoms with Gasteiger partial charge < -0.3 is 10.5 Å². The van der Waals surface area contributed by atoms with E-state index in [1.807, 2.05) is 30.3 Å². The van der Waals surface area contributed by atoms with Gasteiger partial charge >= 0.3 is 0 Å². The van der Waals surface area contributed by atoms with Gasteiger partial charge in [-0.25, -0.2) is 0 Å². The highest BCUT2D eigenvalue weighted by atomic mass is 35.5. The van der Waals surface area contributed by atoms with Crippen LogP contribution in [0.5, 0.6) is 5.75 Å². The Morgan fingerprint density at radius 3 is 2.44 bits per heavy atom. The molecule has 0 amide bonds. The van der Waals surface area contributed by atoms with Crippen LogP contribution in [0.3, 0.4) is 0 Å². The van der Waals surface area contributed by atoms with Gasteiger partial charge in [0.2, 0.25) is 0 Å². The van der Waals surface area contributed by atoms with Gasteiger partial charge in [-0.3, -0.25) is 0 Å². The van der Waals surface area contributed by atoms with E-state index in [0.29, 0.717) is 8.67 Å². The number of rotatable bonds is 4. The monoisotopic (exact) mass is 301 g/mol. The lowest BCUT2D eigenvalue weighted by Crippen LogP contribution is -2.12. The molecule has 1 aromatic heterocycles. The fraction of sp³-hybridized carbons (Fsp3) is 0.231. The minimum absolute atomic E-state index is 0.144. The number of halogens is 2. The first kappa shape index (κ1) is 13.7. The van der Waals surface area contributed by atoms with Crippen LogP contribution in [0.4, 0.5) is 0 Å². The molecule has 2 rings (SSSR count). The lowest BCUT2D eigenvalue weighted by molar-refractivity contribution is 0.414. The number of methoxy groups -OCH3 is 1. The minimum atomic E-state index is -0.144. The van der Waals surface area contributed by atoms with Crippen LogP contribution in [-0.2, 0) is 6.42 Å². The molecule has 96 valence electrons. The molecule has 0 aliphatic carbocycles. The first-order valence-corrected chi connectivity index (χ1v) is 7.00. The molecule has 5 heteroatoms. The zero-order valence-corrected chi connectivity index (χ0v) is 12.1. The summed E-state index contributed by atoms with van der Waals surface area (Å²) in [5, 5.41) is 0. The molecule has 1 heterocycles. The molecule has 0 aliphatic heterocycles. The second-order valence-corrected chi connectivity index (χ2v) is 6.22. The van der Waals surface area contributed by atoms with Crippen LogP contribution in [0.25, 0.3) is 0 Å². The summed E-state index contributed by atoms with van der Waals surface area (Å²) in [6.45, 7) is 0. The van der Waals surface area contributed by atoms with E-state index in [1.54, 1.807) is 7.11 Å². The van der Waals surface area contributed by atoms with Crippen LogP contribution in [0, 0.1) is 0 Å². The van der Waals surface area contributed by atoms with E-state index in [9.17, 15) is 0 Å². The standard InChI is InChI=1S/C13H13Cl2NOS/c1-17-9-4-2-8(3-5-9)6-11(16)10-7-12(14)18-13(10)15/h2-5,7,11H,6,16H2,1H3. The summed E-state index contributed by atoms with van der Waals surface area (Å²) >= 11 is 13.3. The van der Waals surface area contributed by atoms with Crippen LogP contribution < -0.4 is 10.5 Å². The van der Waals surface area contributed by atoms with Gasteiger partial charge in [0.1, 0.15) is 5.75 Å². The Labute approximate surface area is 120 Å². The van der Waals surface area contributed by atoms with Crippen molar-refractivity contribution in [2.45, 2.75) is 12.5 Å². The molecule has 1 unspecified atom stereocenters. The molecule has 0 bridgehead atoms. The molecule has 1 atom stereocenters. The van der Waals surface area contributed by atoms with Crippen LogP contribution in [-0.4, -0.2) is 7.11 Å². The fourth-order valence-electron chi connectivity index (χ4n) is 1.73. The minimum Gasteiger partial charge on any atom is -0.497 e. The smallest absolute Gasteiger partial charge is 0.118 e. The summed E-state index contributed by atoms with van der Waals surface area (Å²) in [5.41, 5.74) is 8.19. The van der Waals surface area contributed by atoms with Crippen LogP contribution in [0.2, 0.25) is 8.67 Å². The van der Waals surface area contributed by atoms with Crippen molar-refractivity contribution in [3.05, 3.63) is 50.1 Å². The largest absolute Gasteiger partial charge is 0.497 e. The molecular formula is C13H13Cl2NOS. The van der Waals surface area contributed by atoms with Crippen LogP contribution >= 0.6 is 34.5 Å². The maximum atomic E-state index is 6.14. The average molecular weight is 302 g/mol. The number of hydrogen-bond donors (Lipinski definition) is 1. The highest BCUT2D eigenvalue weighted by molar-refractivity contribution is 7.20. The number of benzene rings is 1. The van der Waals surface area contributed by atoms with Crippen LogP contribution in [0.15, 0.2) is 30.3 Å². The number of hydrogen-bond acceptors (Lipinski definition) is 3. The number of nitrogens with two attached hydrogens (primary N) is 1. The first-order valence-electron chi connectivity index (χ1n) is 5.43. The Bertz CT molecular complexity index is 524. The number of thiophene rings is 1. The van der Waals surface area contributed by atoms with Crippen molar-refractivity contribution in [3.63, 3.8) is 0 Å². The third-order valence-corrected chi connectivity index (χ3v) is 4.22. The van der Waals surface area contributed by atoms with Crippen molar-refractivity contribution in [3.8, 4) is 5.75 Å². The summed E-state index contributed by atoms with van der Waals surface area (Å²) < 4.78 is 6.45. The fourth-order valence-corrected chi connectivity index (χ4v) is 3.33. The maximum absolute atomic E-state index is 6.14. The van der Waals surface area contributed by atoms with Gasteiger partial charge in [0.15, 0.2) is 0 Å². The molecule has 0 aliphatic rings. The highest BCUT2D eigenvalue weighted by Gasteiger charge is 2.14. The lowest BCUT2D eigenvalue weighted by Gasteiger charge is -2.11. The zero-order valence-electron chi connectivity index (χ0n) is 9.82. The summed E-state index contributed by atoms with van der Waals surface area (Å²) in [6, 6.07) is 9.54. The topological polar surface area (TPSA) is 35.2 Å². The quantitative estimate of drug-likeness (QED) is 0.913. The molecule has 2 N–H and O–H groups in total. The van der Waals surface area contributed by atoms with Gasteiger partial charge in [0.05, 0.1) is 15.8 Å². The second kappa shape index (κ2) is 5.93. The van der Waals surface area contributed by atoms with Gasteiger partial charge in [-0.1, -0.05) is 35.3 Å². The maximum Gasteiger partial charge on any atom is 0.118 e. The Morgan fingerprint density at radius 2 is 1.94 bits per heavy atom. The molecule has 18 heavy (non-hydrogen) atoms. The van der Waals surface area contributed by atoms with Gasteiger partial charge in [-0.05, 0) is 30.2 Å². The second-order valence-electron chi connectivity index (χ2n) is 3.94. The lowest BCUT2D eigenvalue weighted by atomic mass is 10.0. The van der Waals surface area contributed by atoms with Gasteiger partial charge in [-0.2, -0.15) is 0 Å². The molecule has 0 fully saturated rings. The SMILES string of the molecule is COc1ccc(CC(N)c2cc(Cl)sc2Cl)cc1. The summed E-state index contributed by atoms with van der Waals surface area (Å²) in [4.78, 5) is 0. The van der Waals surface area contributed by atoms with Crippen molar-refractivity contribution >= 4 is 34.5 Å². The normalized spacial score (nSPS) is 12.4. The number of ether oxygens (including phenoxy) is 1. The van der Waals surface area contributed by atoms with Gasteiger partial charge in [0, 0.05) is 11.6 Å². The Balaban J connectivity index is 2.10. The molecule has 0 saturated heterocycles. The predicted molar refractivity (Wildman–Crippen MR) is 78.0 cm³/mol. The summed E-state index contributed by atoms with van der Waals surface area (Å²) in [5.74, 6) is 0.837. The van der Waals surface area contributed by atoms with Crippen molar-refractivity contribution in [2.75, 3.05) is 7.11 Å². The summed E-state index contributed by atoms with van der Waals surface area (Å²) in [6.07, 6.45) is 0.719. The molecule has 0 spiro atoms. The van der Waals surface area contributed by atoms with Crippen molar-refractivity contribution < 1.29 is 4.74 Å². The van der Waals surface area contributed by atoms with E-state index in [0.717, 1.165) is 23.3 Å². The third kappa shape index (κ3) is 3.18. The summed E-state index contributed by atoms with van der Waals surface area (Å²) in [7, 11) is 1.65. The molecule has 1 aromatic carbocycles. The van der Waals surface area contributed by atoms with E-state index < -0.39 is 0 Å². The van der Waals surface area contributed by atoms with Gasteiger partial charge in [0.25, 0.3) is 0 Å². The van der Waals surface area contributed by atoms with Crippen molar-refractivity contribution in [1.29, 1.82) is 0 Å². The van der Waals surface area contributed by atoms with E-state index in [2.05, 4.69) is 0 Å². The first-order chi connectivity index (χ1) is 8.60. The van der Waals surface area contributed by atoms with Gasteiger partial charge in [-0.15, -0.1) is 11.3 Å². The van der Waals surface area contributed by atoms with E-state index in [1.165, 1.54) is 11.3 Å². The van der Waals surface area contributed by atoms with Crippen molar-refractivity contribution in [1.82, 2.24) is 0 Å². The molecule has 0 saturated carbocycles.